The van der Waals surface area contributed by atoms with Crippen LogP contribution in [-0.4, -0.2) is 19.3 Å². The first-order valence-electron chi connectivity index (χ1n) is 5.49. The highest BCUT2D eigenvalue weighted by Crippen LogP contribution is 2.27. The summed E-state index contributed by atoms with van der Waals surface area (Å²) in [6.07, 6.45) is 1.52. The van der Waals surface area contributed by atoms with Gasteiger partial charge in [-0.3, -0.25) is 0 Å². The molecule has 0 N–H and O–H groups in total. The summed E-state index contributed by atoms with van der Waals surface area (Å²) < 4.78 is 5.30. The van der Waals surface area contributed by atoms with Crippen molar-refractivity contribution in [1.29, 1.82) is 0 Å². The molecule has 0 radical (unpaired) electrons. The van der Waals surface area contributed by atoms with E-state index in [1.807, 2.05) is 36.4 Å². The van der Waals surface area contributed by atoms with Gasteiger partial charge in [-0.05, 0) is 17.5 Å². The second-order valence-electron chi connectivity index (χ2n) is 3.72. The summed E-state index contributed by atoms with van der Waals surface area (Å²) in [5, 5.41) is 5.62. The van der Waals surface area contributed by atoms with Gasteiger partial charge in [-0.25, -0.2) is 4.79 Å². The largest absolute Gasteiger partial charge is 0.496 e. The Bertz CT molecular complexity index is 605. The Morgan fingerprint density at radius 1 is 1.17 bits per heavy atom. The molecule has 0 amide bonds. The number of benzene rings is 2. The molecule has 0 unspecified atom stereocenters. The summed E-state index contributed by atoms with van der Waals surface area (Å²) in [4.78, 5) is 15.2. The fourth-order valence-corrected chi connectivity index (χ4v) is 1.74. The van der Waals surface area contributed by atoms with E-state index < -0.39 is 5.97 Å². The van der Waals surface area contributed by atoms with Crippen molar-refractivity contribution in [2.24, 2.45) is 5.16 Å². The number of carbonyl (C=O) groups is 1. The van der Waals surface area contributed by atoms with Gasteiger partial charge in [0, 0.05) is 17.9 Å². The predicted molar refractivity (Wildman–Crippen MR) is 69.9 cm³/mol. The molecule has 0 fully saturated rings. The maximum Gasteiger partial charge on any atom is 0.331 e. The number of carbonyl (C=O) groups excluding carboxylic acids is 1. The van der Waals surface area contributed by atoms with E-state index in [1.165, 1.54) is 13.1 Å². The van der Waals surface area contributed by atoms with E-state index in [2.05, 4.69) is 9.99 Å². The third-order valence-corrected chi connectivity index (χ3v) is 2.51. The highest BCUT2D eigenvalue weighted by molar-refractivity contribution is 6.02. The lowest BCUT2D eigenvalue weighted by Crippen LogP contribution is -1.93. The molecule has 18 heavy (non-hydrogen) atoms. The van der Waals surface area contributed by atoms with Crippen molar-refractivity contribution in [3.8, 4) is 5.75 Å². The Morgan fingerprint density at radius 2 is 1.89 bits per heavy atom. The fourth-order valence-electron chi connectivity index (χ4n) is 1.74. The van der Waals surface area contributed by atoms with Crippen molar-refractivity contribution in [3.05, 3.63) is 42.0 Å². The molecule has 0 aliphatic carbocycles. The van der Waals surface area contributed by atoms with Crippen LogP contribution >= 0.6 is 0 Å². The minimum atomic E-state index is -0.441. The van der Waals surface area contributed by atoms with Crippen molar-refractivity contribution in [1.82, 2.24) is 0 Å². The molecular formula is C14H13NO3. The minimum Gasteiger partial charge on any atom is -0.496 e. The third kappa shape index (κ3) is 2.48. The number of methoxy groups -OCH3 is 1. The Balaban J connectivity index is 2.46. The van der Waals surface area contributed by atoms with Crippen LogP contribution < -0.4 is 4.74 Å². The van der Waals surface area contributed by atoms with E-state index in [4.69, 9.17) is 4.74 Å². The predicted octanol–water partition coefficient (Wildman–Crippen LogP) is 2.75. The van der Waals surface area contributed by atoms with Crippen LogP contribution in [0.1, 0.15) is 12.5 Å². The molecule has 0 aliphatic heterocycles. The maximum absolute atomic E-state index is 10.6. The van der Waals surface area contributed by atoms with E-state index in [1.54, 1.807) is 7.11 Å². The SMILES string of the molecule is COc1ccc(/C=N/OC(C)=O)c2ccccc12. The van der Waals surface area contributed by atoms with E-state index in [0.29, 0.717) is 0 Å². The summed E-state index contributed by atoms with van der Waals surface area (Å²) in [5.74, 6) is 0.360. The molecular weight excluding hydrogens is 230 g/mol. The average Bonchev–Trinajstić information content (AvgIpc) is 2.38. The van der Waals surface area contributed by atoms with Crippen LogP contribution in [0.4, 0.5) is 0 Å². The van der Waals surface area contributed by atoms with Crippen LogP contribution in [0, 0.1) is 0 Å². The van der Waals surface area contributed by atoms with Gasteiger partial charge in [0.1, 0.15) is 5.75 Å². The lowest BCUT2D eigenvalue weighted by molar-refractivity contribution is -0.140. The van der Waals surface area contributed by atoms with Crippen LogP contribution in [-0.2, 0) is 9.63 Å². The molecule has 0 saturated heterocycles. The van der Waals surface area contributed by atoms with Gasteiger partial charge in [-0.2, -0.15) is 0 Å². The van der Waals surface area contributed by atoms with Gasteiger partial charge < -0.3 is 9.57 Å². The number of nitrogens with zero attached hydrogens (tertiary/aromatic N) is 1. The molecule has 2 aromatic rings. The molecule has 0 saturated carbocycles. The molecule has 92 valence electrons. The van der Waals surface area contributed by atoms with Gasteiger partial charge in [-0.15, -0.1) is 0 Å². The molecule has 2 aromatic carbocycles. The van der Waals surface area contributed by atoms with Crippen molar-refractivity contribution in [3.63, 3.8) is 0 Å². The van der Waals surface area contributed by atoms with Crippen molar-refractivity contribution in [2.45, 2.75) is 6.92 Å². The Hall–Kier alpha value is -2.36. The van der Waals surface area contributed by atoms with Gasteiger partial charge in [0.25, 0.3) is 0 Å². The fraction of sp³-hybridized carbons (Fsp3) is 0.143. The zero-order valence-corrected chi connectivity index (χ0v) is 10.2. The molecule has 0 bridgehead atoms. The molecule has 2 rings (SSSR count). The van der Waals surface area contributed by atoms with Crippen molar-refractivity contribution < 1.29 is 14.4 Å². The standard InChI is InChI=1S/C14H13NO3/c1-10(16)18-15-9-11-7-8-14(17-2)13-6-4-3-5-12(11)13/h3-9H,1-2H3/b15-9+. The summed E-state index contributed by atoms with van der Waals surface area (Å²) in [5.41, 5.74) is 0.868. The molecule has 0 spiro atoms. The summed E-state index contributed by atoms with van der Waals surface area (Å²) in [7, 11) is 1.63. The topological polar surface area (TPSA) is 47.9 Å². The van der Waals surface area contributed by atoms with E-state index >= 15 is 0 Å². The number of fused-ring (bicyclic) bond motifs is 1. The number of hydrogen-bond donors (Lipinski definition) is 0. The first-order chi connectivity index (χ1) is 8.72. The highest BCUT2D eigenvalue weighted by Gasteiger charge is 2.04. The number of hydrogen-bond acceptors (Lipinski definition) is 4. The number of ether oxygens (including phenoxy) is 1. The zero-order valence-electron chi connectivity index (χ0n) is 10.2. The van der Waals surface area contributed by atoms with E-state index in [9.17, 15) is 4.79 Å². The minimum absolute atomic E-state index is 0.441. The Kier molecular flexibility index (Phi) is 3.57. The van der Waals surface area contributed by atoms with Crippen LogP contribution in [0.3, 0.4) is 0 Å². The van der Waals surface area contributed by atoms with Gasteiger partial charge in [-0.1, -0.05) is 29.4 Å². The monoisotopic (exact) mass is 243 g/mol. The van der Waals surface area contributed by atoms with Crippen LogP contribution in [0.15, 0.2) is 41.6 Å². The molecule has 0 aliphatic rings. The Morgan fingerprint density at radius 3 is 2.56 bits per heavy atom. The van der Waals surface area contributed by atoms with E-state index in [-0.39, 0.29) is 0 Å². The Labute approximate surface area is 105 Å². The smallest absolute Gasteiger partial charge is 0.331 e. The summed E-state index contributed by atoms with van der Waals surface area (Å²) in [6.45, 7) is 1.31. The summed E-state index contributed by atoms with van der Waals surface area (Å²) >= 11 is 0. The first-order valence-corrected chi connectivity index (χ1v) is 5.49. The molecule has 4 nitrogen and oxygen atoms in total. The third-order valence-electron chi connectivity index (χ3n) is 2.51. The number of oxime groups is 1. The van der Waals surface area contributed by atoms with Crippen LogP contribution in [0.2, 0.25) is 0 Å². The highest BCUT2D eigenvalue weighted by atomic mass is 16.7. The lowest BCUT2D eigenvalue weighted by Gasteiger charge is -2.07. The lowest BCUT2D eigenvalue weighted by atomic mass is 10.0. The van der Waals surface area contributed by atoms with Crippen LogP contribution in [0.25, 0.3) is 10.8 Å². The summed E-state index contributed by atoms with van der Waals surface area (Å²) in [6, 6.07) is 11.5. The molecule has 0 atom stereocenters. The van der Waals surface area contributed by atoms with E-state index in [0.717, 1.165) is 22.1 Å². The van der Waals surface area contributed by atoms with Crippen LogP contribution in [0.5, 0.6) is 5.75 Å². The zero-order chi connectivity index (χ0) is 13.0. The van der Waals surface area contributed by atoms with Gasteiger partial charge >= 0.3 is 5.97 Å². The van der Waals surface area contributed by atoms with Crippen molar-refractivity contribution >= 4 is 23.0 Å². The average molecular weight is 243 g/mol. The normalized spacial score (nSPS) is 10.8. The maximum atomic E-state index is 10.6. The quantitative estimate of drug-likeness (QED) is 0.473. The first kappa shape index (κ1) is 12.1. The van der Waals surface area contributed by atoms with Gasteiger partial charge in [0.05, 0.1) is 13.3 Å². The molecule has 4 heteroatoms. The second kappa shape index (κ2) is 5.31. The second-order valence-corrected chi connectivity index (χ2v) is 3.72. The van der Waals surface area contributed by atoms with Gasteiger partial charge in [0.15, 0.2) is 0 Å². The van der Waals surface area contributed by atoms with Crippen molar-refractivity contribution in [2.75, 3.05) is 7.11 Å². The number of rotatable bonds is 3. The van der Waals surface area contributed by atoms with Gasteiger partial charge in [0.2, 0.25) is 0 Å². The molecule has 0 heterocycles. The molecule has 0 aromatic heterocycles.